The van der Waals surface area contributed by atoms with E-state index >= 15 is 0 Å². The molecule has 1 rings (SSSR count). The average Bonchev–Trinajstić information content (AvgIpc) is 1.96. The Morgan fingerprint density at radius 1 is 1.33 bits per heavy atom. The van der Waals surface area contributed by atoms with E-state index in [2.05, 4.69) is 0 Å². The number of anilines is 1. The van der Waals surface area contributed by atoms with E-state index in [1.807, 2.05) is 6.92 Å². The van der Waals surface area contributed by atoms with Crippen molar-refractivity contribution < 1.29 is 8.76 Å². The van der Waals surface area contributed by atoms with E-state index < -0.39 is 11.1 Å². The van der Waals surface area contributed by atoms with Gasteiger partial charge in [-0.3, -0.25) is 0 Å². The summed E-state index contributed by atoms with van der Waals surface area (Å²) in [5.41, 5.74) is 7.84. The fraction of sp³-hybridized carbons (Fsp3) is 0.250. The van der Waals surface area contributed by atoms with Crippen LogP contribution in [0.25, 0.3) is 0 Å². The first-order valence-corrected chi connectivity index (χ1v) is 4.60. The Morgan fingerprint density at radius 3 is 2.42 bits per heavy atom. The molecule has 3 N–H and O–H groups in total. The van der Waals surface area contributed by atoms with E-state index in [0.29, 0.717) is 10.6 Å². The number of hydrogen-bond acceptors (Lipinski definition) is 2. The number of nitrogen functional groups attached to an aromatic ring is 1. The lowest BCUT2D eigenvalue weighted by atomic mass is 10.1. The standard InChI is InChI=1S/C8H11NO2S/c1-5-4-8(12(10)11)6(2)3-7(5)9/h3-4H,9H2,1-2H3,(H,10,11). The first-order valence-electron chi connectivity index (χ1n) is 3.50. The number of benzene rings is 1. The van der Waals surface area contributed by atoms with Crippen LogP contribution in [0.1, 0.15) is 11.1 Å². The Kier molecular flexibility index (Phi) is 2.49. The molecule has 0 bridgehead atoms. The predicted octanol–water partition coefficient (Wildman–Crippen LogP) is 1.47. The summed E-state index contributed by atoms with van der Waals surface area (Å²) in [5, 5.41) is 0. The Hall–Kier alpha value is -0.870. The molecule has 0 aliphatic carbocycles. The molecule has 0 aliphatic rings. The third-order valence-electron chi connectivity index (χ3n) is 1.75. The third-order valence-corrected chi connectivity index (χ3v) is 2.57. The highest BCUT2D eigenvalue weighted by Crippen LogP contribution is 2.19. The fourth-order valence-electron chi connectivity index (χ4n) is 1.00. The molecule has 0 aromatic heterocycles. The summed E-state index contributed by atoms with van der Waals surface area (Å²) in [4.78, 5) is 0.432. The number of hydrogen-bond donors (Lipinski definition) is 2. The van der Waals surface area contributed by atoms with Gasteiger partial charge in [-0.2, -0.15) is 0 Å². The van der Waals surface area contributed by atoms with Crippen LogP contribution in [0.2, 0.25) is 0 Å². The maximum atomic E-state index is 10.8. The smallest absolute Gasteiger partial charge is 0.186 e. The lowest BCUT2D eigenvalue weighted by molar-refractivity contribution is 0.563. The minimum atomic E-state index is -1.91. The van der Waals surface area contributed by atoms with Gasteiger partial charge >= 0.3 is 0 Å². The highest BCUT2D eigenvalue weighted by molar-refractivity contribution is 7.79. The first kappa shape index (κ1) is 9.22. The van der Waals surface area contributed by atoms with Gasteiger partial charge in [-0.05, 0) is 37.1 Å². The summed E-state index contributed by atoms with van der Waals surface area (Å²) < 4.78 is 19.6. The minimum absolute atomic E-state index is 0.432. The van der Waals surface area contributed by atoms with Crippen LogP contribution in [0, 0.1) is 13.8 Å². The molecule has 12 heavy (non-hydrogen) atoms. The Morgan fingerprint density at radius 2 is 1.92 bits per heavy atom. The summed E-state index contributed by atoms with van der Waals surface area (Å²) in [6.45, 7) is 3.57. The molecular formula is C8H11NO2S. The average molecular weight is 185 g/mol. The van der Waals surface area contributed by atoms with Gasteiger partial charge in [0.05, 0.1) is 4.90 Å². The second kappa shape index (κ2) is 3.25. The molecule has 3 nitrogen and oxygen atoms in total. The molecule has 1 unspecified atom stereocenters. The highest BCUT2D eigenvalue weighted by atomic mass is 32.2. The van der Waals surface area contributed by atoms with Crippen molar-refractivity contribution in [1.82, 2.24) is 0 Å². The summed E-state index contributed by atoms with van der Waals surface area (Å²) in [6.07, 6.45) is 0. The van der Waals surface area contributed by atoms with Gasteiger partial charge in [0.25, 0.3) is 0 Å². The molecule has 0 saturated heterocycles. The molecule has 0 spiro atoms. The van der Waals surface area contributed by atoms with E-state index in [0.717, 1.165) is 11.1 Å². The van der Waals surface area contributed by atoms with Gasteiger partial charge in [-0.1, -0.05) is 0 Å². The van der Waals surface area contributed by atoms with E-state index in [1.165, 1.54) is 0 Å². The van der Waals surface area contributed by atoms with Crippen LogP contribution in [0.3, 0.4) is 0 Å². The van der Waals surface area contributed by atoms with Gasteiger partial charge in [0.2, 0.25) is 0 Å². The normalized spacial score (nSPS) is 12.9. The van der Waals surface area contributed by atoms with E-state index in [1.54, 1.807) is 19.1 Å². The van der Waals surface area contributed by atoms with Gasteiger partial charge in [0.1, 0.15) is 0 Å². The summed E-state index contributed by atoms with van der Waals surface area (Å²) in [7, 11) is 0. The zero-order valence-corrected chi connectivity index (χ0v) is 7.81. The maximum absolute atomic E-state index is 10.8. The molecule has 0 heterocycles. The summed E-state index contributed by atoms with van der Waals surface area (Å²) >= 11 is -1.91. The van der Waals surface area contributed by atoms with Gasteiger partial charge in [0.15, 0.2) is 11.1 Å². The topological polar surface area (TPSA) is 63.3 Å². The van der Waals surface area contributed by atoms with Crippen molar-refractivity contribution in [2.45, 2.75) is 18.7 Å². The molecule has 0 saturated carbocycles. The first-order chi connectivity index (χ1) is 5.52. The second-order valence-corrected chi connectivity index (χ2v) is 3.66. The summed E-state index contributed by atoms with van der Waals surface area (Å²) in [5.74, 6) is 0. The van der Waals surface area contributed by atoms with Crippen LogP contribution in [0.4, 0.5) is 5.69 Å². The van der Waals surface area contributed by atoms with Crippen molar-refractivity contribution in [2.24, 2.45) is 0 Å². The molecule has 0 aliphatic heterocycles. The lowest BCUT2D eigenvalue weighted by Crippen LogP contribution is -1.97. The molecule has 0 fully saturated rings. The van der Waals surface area contributed by atoms with Crippen LogP contribution in [-0.2, 0) is 11.1 Å². The maximum Gasteiger partial charge on any atom is 0.186 e. The van der Waals surface area contributed by atoms with Crippen LogP contribution in [-0.4, -0.2) is 8.76 Å². The lowest BCUT2D eigenvalue weighted by Gasteiger charge is -2.05. The molecule has 1 aromatic carbocycles. The minimum Gasteiger partial charge on any atom is -0.399 e. The van der Waals surface area contributed by atoms with Crippen molar-refractivity contribution in [3.8, 4) is 0 Å². The quantitative estimate of drug-likeness (QED) is 0.514. The van der Waals surface area contributed by atoms with Crippen LogP contribution >= 0.6 is 0 Å². The van der Waals surface area contributed by atoms with E-state index in [4.69, 9.17) is 10.3 Å². The zero-order valence-electron chi connectivity index (χ0n) is 7.00. The number of rotatable bonds is 1. The van der Waals surface area contributed by atoms with Gasteiger partial charge in [0, 0.05) is 5.69 Å². The molecular weight excluding hydrogens is 174 g/mol. The largest absolute Gasteiger partial charge is 0.399 e. The van der Waals surface area contributed by atoms with Gasteiger partial charge < -0.3 is 10.3 Å². The van der Waals surface area contributed by atoms with Gasteiger partial charge in [-0.15, -0.1) is 0 Å². The molecule has 0 amide bonds. The predicted molar refractivity (Wildman–Crippen MR) is 49.4 cm³/mol. The molecule has 1 aromatic rings. The van der Waals surface area contributed by atoms with Crippen molar-refractivity contribution in [3.05, 3.63) is 23.3 Å². The molecule has 1 atom stereocenters. The highest BCUT2D eigenvalue weighted by Gasteiger charge is 2.06. The van der Waals surface area contributed by atoms with Crippen LogP contribution in [0.15, 0.2) is 17.0 Å². The Labute approximate surface area is 73.9 Å². The van der Waals surface area contributed by atoms with Gasteiger partial charge in [-0.25, -0.2) is 4.21 Å². The Bertz CT molecular complexity index is 336. The second-order valence-electron chi connectivity index (χ2n) is 2.72. The molecule has 0 radical (unpaired) electrons. The van der Waals surface area contributed by atoms with E-state index in [9.17, 15) is 4.21 Å². The SMILES string of the molecule is Cc1cc(S(=O)O)c(C)cc1N. The molecule has 66 valence electrons. The van der Waals surface area contributed by atoms with Crippen LogP contribution < -0.4 is 5.73 Å². The van der Waals surface area contributed by atoms with Crippen molar-refractivity contribution in [1.29, 1.82) is 0 Å². The Balaban J connectivity index is 3.33. The molecule has 4 heteroatoms. The number of aryl methyl sites for hydroxylation is 2. The van der Waals surface area contributed by atoms with Crippen LogP contribution in [0.5, 0.6) is 0 Å². The zero-order chi connectivity index (χ0) is 9.30. The van der Waals surface area contributed by atoms with Crippen molar-refractivity contribution in [3.63, 3.8) is 0 Å². The number of nitrogens with two attached hydrogens (primary N) is 1. The van der Waals surface area contributed by atoms with Crippen molar-refractivity contribution in [2.75, 3.05) is 5.73 Å². The fourth-order valence-corrected chi connectivity index (χ4v) is 1.61. The van der Waals surface area contributed by atoms with E-state index in [-0.39, 0.29) is 0 Å². The summed E-state index contributed by atoms with van der Waals surface area (Å²) in [6, 6.07) is 3.35. The monoisotopic (exact) mass is 185 g/mol. The van der Waals surface area contributed by atoms with Crippen molar-refractivity contribution >= 4 is 16.8 Å². The third kappa shape index (κ3) is 1.65.